The Bertz CT molecular complexity index is 1120. The van der Waals surface area contributed by atoms with Gasteiger partial charge < -0.3 is 10.1 Å². The molecular weight excluding hydrogens is 417 g/mol. The maximum Gasteiger partial charge on any atom is 0.422 e. The molecule has 1 heterocycles. The van der Waals surface area contributed by atoms with E-state index in [4.69, 9.17) is 0 Å². The second kappa shape index (κ2) is 8.80. The highest BCUT2D eigenvalue weighted by Crippen LogP contribution is 2.26. The molecular formula is C21H13F3N2O3S. The normalized spacial score (nSPS) is 10.9. The Morgan fingerprint density at radius 1 is 1.07 bits per heavy atom. The number of nitrogens with one attached hydrogen (secondary N) is 1. The first kappa shape index (κ1) is 21.1. The van der Waals surface area contributed by atoms with Crippen molar-refractivity contribution >= 4 is 28.7 Å². The summed E-state index contributed by atoms with van der Waals surface area (Å²) in [5.41, 5.74) is 0.351. The standard InChI is InChI=1S/C21H13F3N2O3S/c22-21(23,24)12-29-17-8-7-14(10-13(17)11-25)26-20(28)16-5-2-1-4-15(16)19(27)18-6-3-9-30-18/h1-10H,12H2,(H,26,28). The number of carbonyl (C=O) groups is 2. The second-order valence-electron chi connectivity index (χ2n) is 6.03. The minimum atomic E-state index is -4.54. The van der Waals surface area contributed by atoms with E-state index in [1.807, 2.05) is 0 Å². The average molecular weight is 430 g/mol. The molecule has 30 heavy (non-hydrogen) atoms. The highest BCUT2D eigenvalue weighted by atomic mass is 32.1. The van der Waals surface area contributed by atoms with Crippen LogP contribution in [0.15, 0.2) is 60.0 Å². The number of ether oxygens (including phenoxy) is 1. The van der Waals surface area contributed by atoms with Gasteiger partial charge in [-0.15, -0.1) is 11.3 Å². The summed E-state index contributed by atoms with van der Waals surface area (Å²) >= 11 is 1.25. The van der Waals surface area contributed by atoms with Gasteiger partial charge >= 0.3 is 6.18 Å². The lowest BCUT2D eigenvalue weighted by atomic mass is 10.0. The second-order valence-corrected chi connectivity index (χ2v) is 6.98. The fraction of sp³-hybridized carbons (Fsp3) is 0.0952. The number of halogens is 3. The van der Waals surface area contributed by atoms with Gasteiger partial charge in [0, 0.05) is 11.3 Å². The van der Waals surface area contributed by atoms with Gasteiger partial charge in [0.05, 0.1) is 16.0 Å². The van der Waals surface area contributed by atoms with E-state index in [-0.39, 0.29) is 33.9 Å². The zero-order valence-corrected chi connectivity index (χ0v) is 16.0. The lowest BCUT2D eigenvalue weighted by molar-refractivity contribution is -0.153. The molecule has 5 nitrogen and oxygen atoms in total. The van der Waals surface area contributed by atoms with Crippen molar-refractivity contribution in [1.82, 2.24) is 0 Å². The third-order valence-corrected chi connectivity index (χ3v) is 4.78. The first-order valence-electron chi connectivity index (χ1n) is 8.51. The van der Waals surface area contributed by atoms with Crippen LogP contribution in [0.1, 0.15) is 31.2 Å². The van der Waals surface area contributed by atoms with Crippen LogP contribution in [0.3, 0.4) is 0 Å². The number of nitrogens with zero attached hydrogens (tertiary/aromatic N) is 1. The van der Waals surface area contributed by atoms with Gasteiger partial charge in [-0.3, -0.25) is 9.59 Å². The number of rotatable bonds is 6. The minimum absolute atomic E-state index is 0.131. The van der Waals surface area contributed by atoms with Gasteiger partial charge in [-0.2, -0.15) is 18.4 Å². The maximum atomic E-state index is 12.7. The van der Waals surface area contributed by atoms with E-state index in [1.165, 1.54) is 41.7 Å². The fourth-order valence-corrected chi connectivity index (χ4v) is 3.28. The Kier molecular flexibility index (Phi) is 6.18. The van der Waals surface area contributed by atoms with Crippen LogP contribution in [-0.2, 0) is 0 Å². The Morgan fingerprint density at radius 2 is 1.80 bits per heavy atom. The van der Waals surface area contributed by atoms with Crippen molar-refractivity contribution in [2.24, 2.45) is 0 Å². The number of carbonyl (C=O) groups excluding carboxylic acids is 2. The van der Waals surface area contributed by atoms with E-state index in [9.17, 15) is 28.0 Å². The van der Waals surface area contributed by atoms with Crippen LogP contribution in [0.5, 0.6) is 5.75 Å². The zero-order chi connectivity index (χ0) is 21.7. The molecule has 1 amide bonds. The SMILES string of the molecule is N#Cc1cc(NC(=O)c2ccccc2C(=O)c2cccs2)ccc1OCC(F)(F)F. The summed E-state index contributed by atoms with van der Waals surface area (Å²) in [7, 11) is 0. The van der Waals surface area contributed by atoms with Gasteiger partial charge in [-0.25, -0.2) is 0 Å². The minimum Gasteiger partial charge on any atom is -0.483 e. The monoisotopic (exact) mass is 430 g/mol. The maximum absolute atomic E-state index is 12.7. The lowest BCUT2D eigenvalue weighted by Gasteiger charge is -2.12. The number of amides is 1. The molecule has 152 valence electrons. The first-order chi connectivity index (χ1) is 14.3. The molecule has 1 N–H and O–H groups in total. The summed E-state index contributed by atoms with van der Waals surface area (Å²) in [6, 6.07) is 15.1. The van der Waals surface area contributed by atoms with Crippen LogP contribution in [0.4, 0.5) is 18.9 Å². The molecule has 1 aromatic heterocycles. The van der Waals surface area contributed by atoms with Gasteiger partial charge in [0.25, 0.3) is 5.91 Å². The number of benzene rings is 2. The number of thiophene rings is 1. The quantitative estimate of drug-likeness (QED) is 0.556. The van der Waals surface area contributed by atoms with Gasteiger partial charge in [0.15, 0.2) is 6.61 Å². The Balaban J connectivity index is 1.82. The summed E-state index contributed by atoms with van der Waals surface area (Å²) in [5, 5.41) is 13.5. The van der Waals surface area contributed by atoms with Crippen molar-refractivity contribution in [2.45, 2.75) is 6.18 Å². The third-order valence-electron chi connectivity index (χ3n) is 3.91. The third kappa shape index (κ3) is 5.04. The molecule has 2 aromatic carbocycles. The fourth-order valence-electron chi connectivity index (χ4n) is 2.60. The Labute approximate surface area is 173 Å². The Hall–Kier alpha value is -3.64. The predicted molar refractivity (Wildman–Crippen MR) is 105 cm³/mol. The van der Waals surface area contributed by atoms with Crippen molar-refractivity contribution in [3.8, 4) is 11.8 Å². The van der Waals surface area contributed by atoms with Crippen LogP contribution in [-0.4, -0.2) is 24.5 Å². The summed E-state index contributed by atoms with van der Waals surface area (Å²) in [4.78, 5) is 25.9. The highest BCUT2D eigenvalue weighted by molar-refractivity contribution is 7.12. The highest BCUT2D eigenvalue weighted by Gasteiger charge is 2.29. The molecule has 3 rings (SSSR count). The lowest BCUT2D eigenvalue weighted by Crippen LogP contribution is -2.20. The van der Waals surface area contributed by atoms with Crippen molar-refractivity contribution in [2.75, 3.05) is 11.9 Å². The Morgan fingerprint density at radius 3 is 2.43 bits per heavy atom. The predicted octanol–water partition coefficient (Wildman–Crippen LogP) is 5.04. The molecule has 0 atom stereocenters. The number of nitriles is 1. The molecule has 0 aliphatic rings. The van der Waals surface area contributed by atoms with E-state index in [2.05, 4.69) is 10.1 Å². The van der Waals surface area contributed by atoms with Crippen LogP contribution in [0.2, 0.25) is 0 Å². The van der Waals surface area contributed by atoms with Crippen molar-refractivity contribution < 1.29 is 27.5 Å². The van der Waals surface area contributed by atoms with Crippen molar-refractivity contribution in [3.63, 3.8) is 0 Å². The molecule has 0 bridgehead atoms. The number of ketones is 1. The van der Waals surface area contributed by atoms with Gasteiger partial charge in [-0.1, -0.05) is 24.3 Å². The topological polar surface area (TPSA) is 79.2 Å². The molecule has 3 aromatic rings. The van der Waals surface area contributed by atoms with E-state index >= 15 is 0 Å². The van der Waals surface area contributed by atoms with Crippen molar-refractivity contribution in [3.05, 3.63) is 81.5 Å². The molecule has 0 saturated carbocycles. The van der Waals surface area contributed by atoms with Crippen LogP contribution in [0, 0.1) is 11.3 Å². The summed E-state index contributed by atoms with van der Waals surface area (Å²) in [5.74, 6) is -1.14. The molecule has 0 saturated heterocycles. The molecule has 0 aliphatic carbocycles. The van der Waals surface area contributed by atoms with E-state index < -0.39 is 18.7 Å². The molecule has 0 fully saturated rings. The van der Waals surface area contributed by atoms with Crippen molar-refractivity contribution in [1.29, 1.82) is 5.26 Å². The molecule has 0 radical (unpaired) electrons. The number of anilines is 1. The van der Waals surface area contributed by atoms with Gasteiger partial charge in [-0.05, 0) is 35.7 Å². The number of hydrogen-bond donors (Lipinski definition) is 1. The van der Waals surface area contributed by atoms with Crippen LogP contribution in [0.25, 0.3) is 0 Å². The molecule has 0 spiro atoms. The van der Waals surface area contributed by atoms with Gasteiger partial charge in [0.2, 0.25) is 5.78 Å². The molecule has 9 heteroatoms. The average Bonchev–Trinajstić information content (AvgIpc) is 3.26. The van der Waals surface area contributed by atoms with Gasteiger partial charge in [0.1, 0.15) is 11.8 Å². The number of hydrogen-bond acceptors (Lipinski definition) is 5. The summed E-state index contributed by atoms with van der Waals surface area (Å²) < 4.78 is 41.6. The van der Waals surface area contributed by atoms with E-state index in [0.29, 0.717) is 4.88 Å². The largest absolute Gasteiger partial charge is 0.483 e. The zero-order valence-electron chi connectivity index (χ0n) is 15.2. The summed E-state index contributed by atoms with van der Waals surface area (Å²) in [6.07, 6.45) is -4.54. The summed E-state index contributed by atoms with van der Waals surface area (Å²) in [6.45, 7) is -1.54. The molecule has 0 unspecified atom stereocenters. The van der Waals surface area contributed by atoms with Crippen LogP contribution >= 0.6 is 11.3 Å². The van der Waals surface area contributed by atoms with Crippen LogP contribution < -0.4 is 10.1 Å². The van der Waals surface area contributed by atoms with E-state index in [0.717, 1.165) is 0 Å². The smallest absolute Gasteiger partial charge is 0.422 e. The molecule has 0 aliphatic heterocycles. The first-order valence-corrected chi connectivity index (χ1v) is 9.39. The number of alkyl halides is 3. The van der Waals surface area contributed by atoms with E-state index in [1.54, 1.807) is 35.7 Å².